The summed E-state index contributed by atoms with van der Waals surface area (Å²) in [6.07, 6.45) is 11.5. The van der Waals surface area contributed by atoms with E-state index in [0.29, 0.717) is 0 Å². The second-order valence-electron chi connectivity index (χ2n) is 2.15. The van der Waals surface area contributed by atoms with Crippen molar-refractivity contribution in [2.24, 2.45) is 0 Å². The summed E-state index contributed by atoms with van der Waals surface area (Å²) >= 11 is 0. The van der Waals surface area contributed by atoms with E-state index < -0.39 is 0 Å². The third-order valence-corrected chi connectivity index (χ3v) is 0.667. The summed E-state index contributed by atoms with van der Waals surface area (Å²) in [5, 5.41) is 0. The van der Waals surface area contributed by atoms with Crippen molar-refractivity contribution in [1.29, 1.82) is 0 Å². The van der Waals surface area contributed by atoms with Crippen LogP contribution >= 0.6 is 0 Å². The van der Waals surface area contributed by atoms with Gasteiger partial charge in [-0.3, -0.25) is 0 Å². The van der Waals surface area contributed by atoms with Crippen LogP contribution in [0.2, 0.25) is 0 Å². The fourth-order valence-corrected chi connectivity index (χ4v) is 0. The lowest BCUT2D eigenvalue weighted by Crippen LogP contribution is -1.26. The van der Waals surface area contributed by atoms with E-state index in [1.165, 1.54) is 0 Å². The zero-order valence-electron chi connectivity index (χ0n) is 10.9. The average Bonchev–Trinajstić information content (AvgIpc) is 2.20. The van der Waals surface area contributed by atoms with Gasteiger partial charge in [-0.1, -0.05) is 36.5 Å². The zero-order valence-corrected chi connectivity index (χ0v) is 10.9. The van der Waals surface area contributed by atoms with Crippen LogP contribution in [0.1, 0.15) is 41.5 Å². The van der Waals surface area contributed by atoms with Crippen molar-refractivity contribution in [3.8, 4) is 0 Å². The van der Waals surface area contributed by atoms with E-state index >= 15 is 0 Å². The first-order valence-corrected chi connectivity index (χ1v) is 4.95. The normalized spacial score (nSPS) is 7.29. The van der Waals surface area contributed by atoms with Gasteiger partial charge >= 0.3 is 0 Å². The number of allylic oxidation sites excluding steroid dienone is 6. The molecule has 0 spiro atoms. The number of hydrogen-bond acceptors (Lipinski definition) is 0. The summed E-state index contributed by atoms with van der Waals surface area (Å²) in [4.78, 5) is 0. The predicted molar refractivity (Wildman–Crippen MR) is 72.7 cm³/mol. The molecule has 0 amide bonds. The molecule has 14 heavy (non-hydrogen) atoms. The van der Waals surface area contributed by atoms with E-state index in [9.17, 15) is 0 Å². The van der Waals surface area contributed by atoms with Gasteiger partial charge in [0, 0.05) is 0 Å². The minimum atomic E-state index is 1.75. The van der Waals surface area contributed by atoms with Crippen molar-refractivity contribution in [3.63, 3.8) is 0 Å². The summed E-state index contributed by atoms with van der Waals surface area (Å²) in [5.74, 6) is 0. The Hall–Kier alpha value is -1.04. The van der Waals surface area contributed by atoms with Crippen LogP contribution in [-0.2, 0) is 0 Å². The van der Waals surface area contributed by atoms with Crippen LogP contribution in [0.3, 0.4) is 0 Å². The molecule has 0 atom stereocenters. The van der Waals surface area contributed by atoms with E-state index in [2.05, 4.69) is 13.2 Å². The smallest absolute Gasteiger partial charge is 0.0470 e. The highest BCUT2D eigenvalue weighted by Gasteiger charge is 1.34. The van der Waals surface area contributed by atoms with Crippen molar-refractivity contribution < 1.29 is 0 Å². The van der Waals surface area contributed by atoms with E-state index in [0.717, 1.165) is 0 Å². The van der Waals surface area contributed by atoms with Crippen molar-refractivity contribution in [2.45, 2.75) is 41.5 Å². The Kier molecular flexibility index (Phi) is 96.3. The Bertz CT molecular complexity index is 92.0. The Morgan fingerprint density at radius 3 is 0.571 bits per heavy atom. The summed E-state index contributed by atoms with van der Waals surface area (Å²) in [6.45, 7) is 18.5. The molecule has 0 heteroatoms. The lowest BCUT2D eigenvalue weighted by molar-refractivity contribution is 1.64. The lowest BCUT2D eigenvalue weighted by atomic mass is 10.6. The Morgan fingerprint density at radius 1 is 0.500 bits per heavy atom. The molecule has 0 saturated heterocycles. The molecule has 0 N–H and O–H groups in total. The van der Waals surface area contributed by atoms with Gasteiger partial charge in [0.2, 0.25) is 0 Å². The van der Waals surface area contributed by atoms with Crippen molar-refractivity contribution in [2.75, 3.05) is 0 Å². The lowest BCUT2D eigenvalue weighted by Gasteiger charge is -1.49. The van der Waals surface area contributed by atoms with Crippen LogP contribution < -0.4 is 0 Å². The van der Waals surface area contributed by atoms with E-state index in [1.807, 2.05) is 65.8 Å². The number of hydrogen-bond donors (Lipinski definition) is 0. The molecule has 0 aliphatic heterocycles. The van der Waals surface area contributed by atoms with Gasteiger partial charge < -0.3 is 0 Å². The van der Waals surface area contributed by atoms with Crippen molar-refractivity contribution in [1.82, 2.24) is 0 Å². The molecule has 0 aromatic carbocycles. The van der Waals surface area contributed by atoms with Gasteiger partial charge in [-0.2, -0.15) is 0 Å². The third-order valence-electron chi connectivity index (χ3n) is 0.667. The minimum Gasteiger partial charge on any atom is -0.103 e. The second-order valence-corrected chi connectivity index (χ2v) is 2.15. The first kappa shape index (κ1) is 23.1. The van der Waals surface area contributed by atoms with Gasteiger partial charge in [-0.25, -0.2) is 0 Å². The summed E-state index contributed by atoms with van der Waals surface area (Å²) < 4.78 is 0. The first-order chi connectivity index (χ1) is 6.66. The largest absolute Gasteiger partial charge is 0.103 e. The van der Waals surface area contributed by atoms with Crippen LogP contribution in [-0.4, -0.2) is 0 Å². The molecule has 0 rings (SSSR count). The van der Waals surface area contributed by atoms with Gasteiger partial charge in [0.05, 0.1) is 0 Å². The van der Waals surface area contributed by atoms with Crippen molar-refractivity contribution in [3.05, 3.63) is 49.6 Å². The molecule has 0 aliphatic carbocycles. The topological polar surface area (TPSA) is 0 Å². The molecule has 0 nitrogen and oxygen atoms in total. The molecule has 0 fully saturated rings. The fraction of sp³-hybridized carbons (Fsp3) is 0.429. The Morgan fingerprint density at radius 2 is 0.571 bits per heavy atom. The van der Waals surface area contributed by atoms with Crippen molar-refractivity contribution >= 4 is 0 Å². The molecule has 0 heterocycles. The van der Waals surface area contributed by atoms with Gasteiger partial charge in [0.25, 0.3) is 0 Å². The molecule has 0 aromatic rings. The van der Waals surface area contributed by atoms with Gasteiger partial charge in [0.1, 0.15) is 0 Å². The first-order valence-electron chi connectivity index (χ1n) is 4.95. The highest BCUT2D eigenvalue weighted by molar-refractivity contribution is 4.68. The second kappa shape index (κ2) is 58.4. The van der Waals surface area contributed by atoms with E-state index in [4.69, 9.17) is 0 Å². The molecular weight excluding hydrogens is 168 g/mol. The molecule has 0 aliphatic rings. The Labute approximate surface area is 91.7 Å². The molecular formula is C14H28. The zero-order chi connectivity index (χ0) is 12.2. The van der Waals surface area contributed by atoms with Crippen LogP contribution in [0.15, 0.2) is 49.6 Å². The molecule has 0 bridgehead atoms. The fourth-order valence-electron chi connectivity index (χ4n) is 0. The standard InChI is InChI=1S/2C4H8.2C3H6/c2*1-3-4-2;2*1-3-2/h2*3-4H,1-2H3;2*3H,1H2,2H3/b2*4-3-;;. The van der Waals surface area contributed by atoms with Crippen LogP contribution in [0.5, 0.6) is 0 Å². The molecule has 0 saturated carbocycles. The minimum absolute atomic E-state index is 1.75. The molecule has 84 valence electrons. The Balaban J connectivity index is -0.0000000482. The average molecular weight is 196 g/mol. The van der Waals surface area contributed by atoms with Gasteiger partial charge in [0.15, 0.2) is 0 Å². The molecule has 0 unspecified atom stereocenters. The predicted octanol–water partition coefficient (Wildman–Crippen LogP) is 5.55. The highest BCUT2D eigenvalue weighted by Crippen LogP contribution is 1.57. The van der Waals surface area contributed by atoms with Gasteiger partial charge in [-0.05, 0) is 41.5 Å². The molecule has 0 aromatic heterocycles. The van der Waals surface area contributed by atoms with Crippen LogP contribution in [0.4, 0.5) is 0 Å². The van der Waals surface area contributed by atoms with E-state index in [1.54, 1.807) is 12.2 Å². The quantitative estimate of drug-likeness (QED) is 0.446. The summed E-state index contributed by atoms with van der Waals surface area (Å²) in [6, 6.07) is 0. The maximum atomic E-state index is 3.36. The summed E-state index contributed by atoms with van der Waals surface area (Å²) in [5.41, 5.74) is 0. The highest BCUT2D eigenvalue weighted by atomic mass is 13.4. The molecule has 0 radical (unpaired) electrons. The SMILES string of the molecule is C/C=C\C.C/C=C\C.C=CC.C=CC. The van der Waals surface area contributed by atoms with Gasteiger partial charge in [-0.15, -0.1) is 13.2 Å². The maximum absolute atomic E-state index is 3.36. The van der Waals surface area contributed by atoms with Crippen LogP contribution in [0, 0.1) is 0 Å². The third kappa shape index (κ3) is 1180. The number of rotatable bonds is 0. The maximum Gasteiger partial charge on any atom is -0.0470 e. The van der Waals surface area contributed by atoms with Crippen LogP contribution in [0.25, 0.3) is 0 Å². The monoisotopic (exact) mass is 196 g/mol. The summed E-state index contributed by atoms with van der Waals surface area (Å²) in [7, 11) is 0. The van der Waals surface area contributed by atoms with E-state index in [-0.39, 0.29) is 0 Å².